The molecular weight excluding hydrogens is 396 g/mol. The largest absolute Gasteiger partial charge is 0.337 e. The number of rotatable bonds is 5. The fraction of sp³-hybridized carbons (Fsp3) is 0.571. The first-order valence-corrected chi connectivity index (χ1v) is 10.4. The van der Waals surface area contributed by atoms with E-state index in [1.165, 1.54) is 4.57 Å². The van der Waals surface area contributed by atoms with Crippen molar-refractivity contribution in [2.45, 2.75) is 66.1 Å². The number of carbonyl (C=O) groups excluding carboxylic acids is 1. The average Bonchev–Trinajstić information content (AvgIpc) is 3.17. The Hall–Kier alpha value is -2.85. The van der Waals surface area contributed by atoms with Gasteiger partial charge >= 0.3 is 11.7 Å². The molecule has 1 aromatic carbocycles. The number of nitrogens with zero attached hydrogens (tertiary/aromatic N) is 4. The Morgan fingerprint density at radius 2 is 1.94 bits per heavy atom. The Labute approximate surface area is 182 Å². The molecule has 1 amide bonds. The lowest BCUT2D eigenvalue weighted by Gasteiger charge is -2.31. The van der Waals surface area contributed by atoms with Crippen LogP contribution >= 0.6 is 0 Å². The predicted molar refractivity (Wildman–Crippen MR) is 122 cm³/mol. The number of hydrazine groups is 2. The van der Waals surface area contributed by atoms with Crippen molar-refractivity contribution in [3.8, 4) is 0 Å². The van der Waals surface area contributed by atoms with E-state index in [-0.39, 0.29) is 11.1 Å². The Bertz CT molecular complexity index is 1070. The number of hydrogen-bond acceptors (Lipinski definition) is 7. The van der Waals surface area contributed by atoms with Crippen LogP contribution in [0, 0.1) is 12.3 Å². The number of imidazole rings is 1. The molecule has 2 aromatic rings. The first-order chi connectivity index (χ1) is 14.3. The van der Waals surface area contributed by atoms with E-state index in [4.69, 9.17) is 5.73 Å². The third-order valence-corrected chi connectivity index (χ3v) is 5.34. The lowest BCUT2D eigenvalue weighted by atomic mass is 9.86. The molecule has 0 radical (unpaired) electrons. The zero-order valence-electron chi connectivity index (χ0n) is 19.4. The predicted octanol–water partition coefficient (Wildman–Crippen LogP) is 1.48. The van der Waals surface area contributed by atoms with Crippen LogP contribution in [-0.4, -0.2) is 44.7 Å². The molecule has 0 saturated carbocycles. The van der Waals surface area contributed by atoms with Crippen molar-refractivity contribution in [3.63, 3.8) is 0 Å². The minimum Gasteiger partial charge on any atom is -0.327 e. The fourth-order valence-electron chi connectivity index (χ4n) is 3.66. The molecule has 10 nitrogen and oxygen atoms in total. The van der Waals surface area contributed by atoms with Gasteiger partial charge in [-0.05, 0) is 44.2 Å². The normalized spacial score (nSPS) is 16.1. The molecule has 0 spiro atoms. The number of carbonyl (C=O) groups is 1. The smallest absolute Gasteiger partial charge is 0.327 e. The third kappa shape index (κ3) is 4.75. The minimum absolute atomic E-state index is 0.351. The van der Waals surface area contributed by atoms with Crippen LogP contribution < -0.4 is 27.7 Å². The van der Waals surface area contributed by atoms with Crippen molar-refractivity contribution >= 4 is 22.9 Å². The number of fused-ring (bicyclic) bond motifs is 1. The highest BCUT2D eigenvalue weighted by atomic mass is 16.2. The van der Waals surface area contributed by atoms with Crippen LogP contribution in [0.4, 0.5) is 4.79 Å². The molecule has 1 aromatic heterocycles. The quantitative estimate of drug-likeness (QED) is 0.570. The summed E-state index contributed by atoms with van der Waals surface area (Å²) in [6, 6.07) is 4.63. The van der Waals surface area contributed by atoms with Crippen molar-refractivity contribution in [2.75, 3.05) is 7.05 Å². The molecule has 0 unspecified atom stereocenters. The van der Waals surface area contributed by atoms with Crippen LogP contribution in [0.2, 0.25) is 0 Å². The summed E-state index contributed by atoms with van der Waals surface area (Å²) in [6.45, 7) is 12.2. The summed E-state index contributed by atoms with van der Waals surface area (Å²) in [6.07, 6.45) is 0.602. The van der Waals surface area contributed by atoms with Gasteiger partial charge in [-0.25, -0.2) is 19.7 Å². The molecule has 1 aliphatic heterocycles. The van der Waals surface area contributed by atoms with E-state index < -0.39 is 17.6 Å². The molecule has 31 heavy (non-hydrogen) atoms. The van der Waals surface area contributed by atoms with Gasteiger partial charge in [-0.15, -0.1) is 10.2 Å². The van der Waals surface area contributed by atoms with Crippen LogP contribution in [0.3, 0.4) is 0 Å². The third-order valence-electron chi connectivity index (χ3n) is 5.34. The molecule has 0 aliphatic carbocycles. The topological polar surface area (TPSA) is 122 Å². The number of amidine groups is 1. The molecule has 5 N–H and O–H groups in total. The Balaban J connectivity index is 2.03. The van der Waals surface area contributed by atoms with Crippen molar-refractivity contribution in [1.82, 2.24) is 30.5 Å². The number of hydrogen-bond donors (Lipinski definition) is 4. The van der Waals surface area contributed by atoms with Gasteiger partial charge < -0.3 is 11.1 Å². The summed E-state index contributed by atoms with van der Waals surface area (Å²) in [5.74, 6) is 0.571. The maximum Gasteiger partial charge on any atom is 0.337 e. The molecular formula is C21H34N8O2. The van der Waals surface area contributed by atoms with Crippen molar-refractivity contribution in [1.29, 1.82) is 0 Å². The Morgan fingerprint density at radius 1 is 1.26 bits per heavy atom. The number of nitrogens with one attached hydrogen (secondary N) is 3. The van der Waals surface area contributed by atoms with E-state index in [2.05, 4.69) is 21.4 Å². The van der Waals surface area contributed by atoms with Crippen molar-refractivity contribution < 1.29 is 4.79 Å². The molecule has 0 saturated heterocycles. The first kappa shape index (κ1) is 22.8. The molecule has 0 bridgehead atoms. The molecule has 1 atom stereocenters. The van der Waals surface area contributed by atoms with E-state index in [0.29, 0.717) is 24.3 Å². The van der Waals surface area contributed by atoms with Gasteiger partial charge in [0.1, 0.15) is 0 Å². The summed E-state index contributed by atoms with van der Waals surface area (Å²) >= 11 is 0. The molecule has 1 aliphatic rings. The summed E-state index contributed by atoms with van der Waals surface area (Å²) in [5.41, 5.74) is 13.1. The highest BCUT2D eigenvalue weighted by Gasteiger charge is 2.35. The van der Waals surface area contributed by atoms with E-state index in [1.54, 1.807) is 22.8 Å². The molecule has 170 valence electrons. The van der Waals surface area contributed by atoms with Crippen molar-refractivity contribution in [3.05, 3.63) is 34.2 Å². The van der Waals surface area contributed by atoms with Gasteiger partial charge in [-0.3, -0.25) is 9.99 Å². The van der Waals surface area contributed by atoms with Gasteiger partial charge in [0, 0.05) is 19.1 Å². The van der Waals surface area contributed by atoms with Crippen molar-refractivity contribution in [2.24, 2.45) is 16.3 Å². The van der Waals surface area contributed by atoms with Crippen LogP contribution in [-0.2, 0) is 6.54 Å². The Morgan fingerprint density at radius 3 is 2.48 bits per heavy atom. The molecule has 10 heteroatoms. The molecule has 0 fully saturated rings. The van der Waals surface area contributed by atoms with E-state index in [1.807, 2.05) is 53.7 Å². The van der Waals surface area contributed by atoms with E-state index in [9.17, 15) is 9.59 Å². The van der Waals surface area contributed by atoms with Crippen LogP contribution in [0.25, 0.3) is 11.0 Å². The van der Waals surface area contributed by atoms with Gasteiger partial charge in [0.2, 0.25) is 0 Å². The number of amides is 1. The number of nitrogens with two attached hydrogens (primary N) is 1. The molecule has 3 rings (SSSR count). The number of hydrazone groups is 1. The standard InChI is InChI=1S/C21H34N8O2/c1-13-9-8-10-14-15(13)28(12-11-21(5,6)22)19(31)29(14)18(30)23-16(20(2,3)4)17-24-26-27(7)25-17/h8-10,16,26H,11-12,22H2,1-7H3,(H,23,30)(H,24,25)/t16-/m1/s1. The number of aryl methyl sites for hydroxylation is 2. The zero-order chi connectivity index (χ0) is 23.1. The SMILES string of the molecule is Cc1cccc2c1n(CCC(C)(C)N)c(=O)n2C(=O)N[C@H](C1=NNN(C)N1)C(C)(C)C. The summed E-state index contributed by atoms with van der Waals surface area (Å²) in [5, 5.41) is 8.84. The maximum absolute atomic E-state index is 13.4. The lowest BCUT2D eigenvalue weighted by molar-refractivity contribution is 0.220. The van der Waals surface area contributed by atoms with E-state index >= 15 is 0 Å². The summed E-state index contributed by atoms with van der Waals surface area (Å²) < 4.78 is 2.85. The highest BCUT2D eigenvalue weighted by molar-refractivity contribution is 5.95. The first-order valence-electron chi connectivity index (χ1n) is 10.4. The van der Waals surface area contributed by atoms with Crippen LogP contribution in [0.5, 0.6) is 0 Å². The average molecular weight is 431 g/mol. The monoisotopic (exact) mass is 430 g/mol. The molecule has 2 heterocycles. The second kappa shape index (κ2) is 8.01. The summed E-state index contributed by atoms with van der Waals surface area (Å²) in [7, 11) is 1.78. The van der Waals surface area contributed by atoms with Gasteiger partial charge in [-0.1, -0.05) is 32.9 Å². The minimum atomic E-state index is -0.495. The Kier molecular flexibility index (Phi) is 5.90. The van der Waals surface area contributed by atoms with Gasteiger partial charge in [0.25, 0.3) is 0 Å². The van der Waals surface area contributed by atoms with Gasteiger partial charge in [0.15, 0.2) is 5.84 Å². The number of benzene rings is 1. The second-order valence-corrected chi connectivity index (χ2v) is 9.97. The highest BCUT2D eigenvalue weighted by Crippen LogP contribution is 2.22. The van der Waals surface area contributed by atoms with Crippen LogP contribution in [0.15, 0.2) is 28.1 Å². The van der Waals surface area contributed by atoms with Crippen LogP contribution in [0.1, 0.15) is 46.6 Å². The van der Waals surface area contributed by atoms with Gasteiger partial charge in [0.05, 0.1) is 17.1 Å². The lowest BCUT2D eigenvalue weighted by Crippen LogP contribution is -2.56. The maximum atomic E-state index is 13.4. The van der Waals surface area contributed by atoms with Gasteiger partial charge in [-0.2, -0.15) is 0 Å². The number of para-hydroxylation sites is 1. The zero-order valence-corrected chi connectivity index (χ0v) is 19.4. The van der Waals surface area contributed by atoms with E-state index in [0.717, 1.165) is 11.1 Å². The number of aromatic nitrogens is 2. The second-order valence-electron chi connectivity index (χ2n) is 9.97. The summed E-state index contributed by atoms with van der Waals surface area (Å²) in [4.78, 5) is 26.8. The fourth-order valence-corrected chi connectivity index (χ4v) is 3.66.